The van der Waals surface area contributed by atoms with Gasteiger partial charge in [-0.2, -0.15) is 5.10 Å². The highest BCUT2D eigenvalue weighted by molar-refractivity contribution is 7.91. The molecule has 122 valence electrons. The van der Waals surface area contributed by atoms with Crippen molar-refractivity contribution in [2.45, 2.75) is 31.5 Å². The SMILES string of the molecule is C[C@@H](C(=O)N(C)[C@@H]1CCS(=O)(=O)C1)N1CC(n2cccn2)C1. The summed E-state index contributed by atoms with van der Waals surface area (Å²) >= 11 is 0. The highest BCUT2D eigenvalue weighted by atomic mass is 32.2. The Kier molecular flexibility index (Phi) is 3.98. The van der Waals surface area contributed by atoms with E-state index < -0.39 is 9.84 Å². The van der Waals surface area contributed by atoms with E-state index in [1.807, 2.05) is 23.9 Å². The summed E-state index contributed by atoms with van der Waals surface area (Å²) in [6.07, 6.45) is 4.24. The highest BCUT2D eigenvalue weighted by Crippen LogP contribution is 2.24. The molecular formula is C14H22N4O3S. The van der Waals surface area contributed by atoms with Gasteiger partial charge in [0, 0.05) is 38.6 Å². The van der Waals surface area contributed by atoms with Crippen molar-refractivity contribution in [2.24, 2.45) is 0 Å². The molecule has 0 aromatic carbocycles. The predicted octanol–water partition coefficient (Wildman–Crippen LogP) is -0.226. The number of nitrogens with zero attached hydrogens (tertiary/aromatic N) is 4. The number of hydrogen-bond acceptors (Lipinski definition) is 5. The molecule has 1 amide bonds. The van der Waals surface area contributed by atoms with Gasteiger partial charge in [-0.25, -0.2) is 8.42 Å². The second-order valence-corrected chi connectivity index (χ2v) is 8.50. The van der Waals surface area contributed by atoms with Crippen molar-refractivity contribution in [3.8, 4) is 0 Å². The Labute approximate surface area is 130 Å². The third-order valence-electron chi connectivity index (χ3n) is 4.80. The minimum absolute atomic E-state index is 0.000940. The highest BCUT2D eigenvalue weighted by Gasteiger charge is 2.39. The largest absolute Gasteiger partial charge is 0.340 e. The molecule has 2 aliphatic heterocycles. The summed E-state index contributed by atoms with van der Waals surface area (Å²) in [7, 11) is -1.25. The fourth-order valence-electron chi connectivity index (χ4n) is 3.18. The van der Waals surface area contributed by atoms with Crippen LogP contribution in [0.3, 0.4) is 0 Å². The molecule has 7 nitrogen and oxygen atoms in total. The molecule has 1 aromatic heterocycles. The molecule has 3 heterocycles. The zero-order valence-electron chi connectivity index (χ0n) is 12.9. The van der Waals surface area contributed by atoms with Gasteiger partial charge < -0.3 is 4.90 Å². The van der Waals surface area contributed by atoms with Crippen LogP contribution in [-0.4, -0.2) is 77.6 Å². The number of carbonyl (C=O) groups excluding carboxylic acids is 1. The molecular weight excluding hydrogens is 304 g/mol. The minimum Gasteiger partial charge on any atom is -0.340 e. The maximum Gasteiger partial charge on any atom is 0.239 e. The topological polar surface area (TPSA) is 75.5 Å². The second-order valence-electron chi connectivity index (χ2n) is 6.28. The van der Waals surface area contributed by atoms with Gasteiger partial charge in [-0.1, -0.05) is 0 Å². The summed E-state index contributed by atoms with van der Waals surface area (Å²) in [6.45, 7) is 3.48. The van der Waals surface area contributed by atoms with Crippen LogP contribution >= 0.6 is 0 Å². The molecule has 0 spiro atoms. The molecule has 0 saturated carbocycles. The van der Waals surface area contributed by atoms with Crippen molar-refractivity contribution in [3.63, 3.8) is 0 Å². The van der Waals surface area contributed by atoms with Gasteiger partial charge in [0.1, 0.15) is 0 Å². The van der Waals surface area contributed by atoms with E-state index in [4.69, 9.17) is 0 Å². The van der Waals surface area contributed by atoms with Crippen molar-refractivity contribution < 1.29 is 13.2 Å². The standard InChI is InChI=1S/C14H22N4O3S/c1-11(17-8-13(9-17)18-6-3-5-15-18)14(19)16(2)12-4-7-22(20,21)10-12/h3,5-6,11-13H,4,7-10H2,1-2H3/t11-,12+/m0/s1. The lowest BCUT2D eigenvalue weighted by Crippen LogP contribution is -2.57. The van der Waals surface area contributed by atoms with Crippen molar-refractivity contribution >= 4 is 15.7 Å². The van der Waals surface area contributed by atoms with Crippen molar-refractivity contribution in [1.29, 1.82) is 0 Å². The van der Waals surface area contributed by atoms with Crippen LogP contribution in [0.15, 0.2) is 18.5 Å². The summed E-state index contributed by atoms with van der Waals surface area (Å²) in [6, 6.07) is 1.82. The summed E-state index contributed by atoms with van der Waals surface area (Å²) in [5, 5.41) is 4.22. The number of amides is 1. The average Bonchev–Trinajstić information content (AvgIpc) is 3.04. The smallest absolute Gasteiger partial charge is 0.239 e. The van der Waals surface area contributed by atoms with E-state index in [0.29, 0.717) is 12.5 Å². The summed E-state index contributed by atoms with van der Waals surface area (Å²) < 4.78 is 25.0. The zero-order chi connectivity index (χ0) is 15.9. The van der Waals surface area contributed by atoms with Crippen molar-refractivity contribution in [1.82, 2.24) is 19.6 Å². The van der Waals surface area contributed by atoms with Crippen LogP contribution in [-0.2, 0) is 14.6 Å². The quantitative estimate of drug-likeness (QED) is 0.764. The first-order valence-corrected chi connectivity index (χ1v) is 9.40. The fourth-order valence-corrected chi connectivity index (χ4v) is 4.95. The number of hydrogen-bond donors (Lipinski definition) is 0. The molecule has 8 heteroatoms. The monoisotopic (exact) mass is 326 g/mol. The molecule has 0 unspecified atom stereocenters. The van der Waals surface area contributed by atoms with E-state index in [1.54, 1.807) is 18.1 Å². The molecule has 2 saturated heterocycles. The molecule has 2 atom stereocenters. The van der Waals surface area contributed by atoms with Crippen LogP contribution in [0, 0.1) is 0 Å². The third kappa shape index (κ3) is 2.89. The molecule has 0 radical (unpaired) electrons. The maximum absolute atomic E-state index is 12.5. The zero-order valence-corrected chi connectivity index (χ0v) is 13.7. The van der Waals surface area contributed by atoms with E-state index in [0.717, 1.165) is 13.1 Å². The first-order valence-electron chi connectivity index (χ1n) is 7.57. The molecule has 0 aliphatic carbocycles. The van der Waals surface area contributed by atoms with E-state index >= 15 is 0 Å². The number of likely N-dealkylation sites (N-methyl/N-ethyl adjacent to an activating group) is 1. The lowest BCUT2D eigenvalue weighted by molar-refractivity contribution is -0.139. The van der Waals surface area contributed by atoms with Crippen LogP contribution in [0.1, 0.15) is 19.4 Å². The summed E-state index contributed by atoms with van der Waals surface area (Å²) in [4.78, 5) is 16.3. The number of sulfone groups is 1. The molecule has 2 aliphatic rings. The van der Waals surface area contributed by atoms with E-state index in [-0.39, 0.29) is 29.5 Å². The number of likely N-dealkylation sites (tertiary alicyclic amines) is 1. The lowest BCUT2D eigenvalue weighted by Gasteiger charge is -2.43. The van der Waals surface area contributed by atoms with Crippen LogP contribution < -0.4 is 0 Å². The molecule has 3 rings (SSSR count). The van der Waals surface area contributed by atoms with Gasteiger partial charge in [-0.05, 0) is 19.4 Å². The van der Waals surface area contributed by atoms with E-state index in [2.05, 4.69) is 10.00 Å². The van der Waals surface area contributed by atoms with Crippen LogP contribution in [0.5, 0.6) is 0 Å². The van der Waals surface area contributed by atoms with Crippen molar-refractivity contribution in [3.05, 3.63) is 18.5 Å². The van der Waals surface area contributed by atoms with E-state index in [1.165, 1.54) is 0 Å². The van der Waals surface area contributed by atoms with Gasteiger partial charge in [0.25, 0.3) is 0 Å². The first-order chi connectivity index (χ1) is 10.4. The Morgan fingerprint density at radius 3 is 2.68 bits per heavy atom. The van der Waals surface area contributed by atoms with Gasteiger partial charge in [0.15, 0.2) is 9.84 Å². The molecule has 1 aromatic rings. The summed E-state index contributed by atoms with van der Waals surface area (Å²) in [5.41, 5.74) is 0. The molecule has 2 fully saturated rings. The Bertz CT molecular complexity index is 637. The van der Waals surface area contributed by atoms with E-state index in [9.17, 15) is 13.2 Å². The number of carbonyl (C=O) groups is 1. The molecule has 0 N–H and O–H groups in total. The Hall–Kier alpha value is -1.41. The van der Waals surface area contributed by atoms with Crippen LogP contribution in [0.4, 0.5) is 0 Å². The molecule has 22 heavy (non-hydrogen) atoms. The fraction of sp³-hybridized carbons (Fsp3) is 0.714. The third-order valence-corrected chi connectivity index (χ3v) is 6.55. The lowest BCUT2D eigenvalue weighted by atomic mass is 10.0. The van der Waals surface area contributed by atoms with Crippen LogP contribution in [0.2, 0.25) is 0 Å². The van der Waals surface area contributed by atoms with Crippen molar-refractivity contribution in [2.75, 3.05) is 31.6 Å². The van der Waals surface area contributed by atoms with Gasteiger partial charge in [-0.3, -0.25) is 14.4 Å². The predicted molar refractivity (Wildman–Crippen MR) is 82.1 cm³/mol. The Morgan fingerprint density at radius 1 is 1.41 bits per heavy atom. The summed E-state index contributed by atoms with van der Waals surface area (Å²) in [5.74, 6) is 0.285. The average molecular weight is 326 g/mol. The maximum atomic E-state index is 12.5. The van der Waals surface area contributed by atoms with Gasteiger partial charge >= 0.3 is 0 Å². The van der Waals surface area contributed by atoms with Gasteiger partial charge in [0.05, 0.1) is 23.6 Å². The van der Waals surface area contributed by atoms with Gasteiger partial charge in [-0.15, -0.1) is 0 Å². The second kappa shape index (κ2) is 5.66. The Balaban J connectivity index is 1.54. The number of rotatable bonds is 4. The minimum atomic E-state index is -2.97. The Morgan fingerprint density at radius 2 is 2.14 bits per heavy atom. The van der Waals surface area contributed by atoms with Crippen LogP contribution in [0.25, 0.3) is 0 Å². The molecule has 0 bridgehead atoms. The first kappa shape index (κ1) is 15.5. The normalized spacial score (nSPS) is 26.5. The van der Waals surface area contributed by atoms with Gasteiger partial charge in [0.2, 0.25) is 5.91 Å². The number of aromatic nitrogens is 2.